The predicted octanol–water partition coefficient (Wildman–Crippen LogP) is 3.37. The van der Waals surface area contributed by atoms with E-state index in [2.05, 4.69) is 0 Å². The largest absolute Gasteiger partial charge is 0.298 e. The summed E-state index contributed by atoms with van der Waals surface area (Å²) in [5.41, 5.74) is 0.771. The molecule has 0 amide bonds. The molecule has 0 spiro atoms. The van der Waals surface area contributed by atoms with Crippen LogP contribution in [-0.4, -0.2) is 12.5 Å². The Bertz CT molecular complexity index is 471. The quantitative estimate of drug-likeness (QED) is 0.548. The number of benzene rings is 2. The van der Waals surface area contributed by atoms with Crippen molar-refractivity contribution >= 4 is 28.8 Å². The van der Waals surface area contributed by atoms with Crippen LogP contribution in [0, 0.1) is 0 Å². The molecule has 0 bridgehead atoms. The summed E-state index contributed by atoms with van der Waals surface area (Å²) in [6.07, 6.45) is 2.94. The topological polar surface area (TPSA) is 17.1 Å². The molecule has 0 atom stereocenters. The molecule has 0 N–H and O–H groups in total. The van der Waals surface area contributed by atoms with Gasteiger partial charge in [-0.15, -0.1) is 11.8 Å². The van der Waals surface area contributed by atoms with E-state index in [-0.39, 0.29) is 0 Å². The summed E-state index contributed by atoms with van der Waals surface area (Å²) in [4.78, 5) is 12.0. The minimum atomic E-state index is 0.771. The molecular weight excluding hydrogens is 192 g/mol. The van der Waals surface area contributed by atoms with Crippen molar-refractivity contribution in [2.24, 2.45) is 0 Å². The third-order valence-corrected chi connectivity index (χ3v) is 3.03. The first-order valence-corrected chi connectivity index (χ1v) is 5.60. The zero-order chi connectivity index (χ0) is 9.97. The van der Waals surface area contributed by atoms with Crippen molar-refractivity contribution in [2.45, 2.75) is 4.90 Å². The zero-order valence-corrected chi connectivity index (χ0v) is 8.67. The van der Waals surface area contributed by atoms with Crippen LogP contribution < -0.4 is 0 Å². The molecule has 0 aliphatic rings. The van der Waals surface area contributed by atoms with E-state index in [9.17, 15) is 4.79 Å². The third kappa shape index (κ3) is 1.42. The van der Waals surface area contributed by atoms with Crippen LogP contribution in [0.25, 0.3) is 10.8 Å². The molecular formula is C12H10OS. The van der Waals surface area contributed by atoms with Crippen LogP contribution in [-0.2, 0) is 0 Å². The van der Waals surface area contributed by atoms with Gasteiger partial charge < -0.3 is 0 Å². The Morgan fingerprint density at radius 2 is 1.86 bits per heavy atom. The van der Waals surface area contributed by atoms with E-state index in [0.29, 0.717) is 0 Å². The van der Waals surface area contributed by atoms with Crippen molar-refractivity contribution in [1.82, 2.24) is 0 Å². The van der Waals surface area contributed by atoms with Crippen molar-refractivity contribution in [3.05, 3.63) is 42.0 Å². The maximum absolute atomic E-state index is 10.9. The summed E-state index contributed by atoms with van der Waals surface area (Å²) in [6, 6.07) is 11.9. The standard InChI is InChI=1S/C12H10OS/c1-14-11-7-3-5-9-4-2-6-10(8-13)12(9)11/h2-8H,1H3. The molecule has 0 saturated heterocycles. The lowest BCUT2D eigenvalue weighted by molar-refractivity contribution is 0.112. The lowest BCUT2D eigenvalue weighted by Crippen LogP contribution is -1.85. The first kappa shape index (κ1) is 9.28. The maximum atomic E-state index is 10.9. The molecule has 0 heterocycles. The molecule has 0 aliphatic carbocycles. The smallest absolute Gasteiger partial charge is 0.150 e. The molecule has 70 valence electrons. The van der Waals surface area contributed by atoms with Crippen molar-refractivity contribution in [1.29, 1.82) is 0 Å². The molecule has 2 heteroatoms. The molecule has 0 unspecified atom stereocenters. The predicted molar refractivity (Wildman–Crippen MR) is 61.1 cm³/mol. The van der Waals surface area contributed by atoms with E-state index in [0.717, 1.165) is 27.5 Å². The molecule has 14 heavy (non-hydrogen) atoms. The van der Waals surface area contributed by atoms with Gasteiger partial charge in [-0.05, 0) is 17.7 Å². The molecule has 0 aromatic heterocycles. The van der Waals surface area contributed by atoms with Crippen molar-refractivity contribution < 1.29 is 4.79 Å². The van der Waals surface area contributed by atoms with Crippen molar-refractivity contribution in [2.75, 3.05) is 6.26 Å². The molecule has 2 aromatic rings. The number of rotatable bonds is 2. The van der Waals surface area contributed by atoms with Crippen molar-refractivity contribution in [3.63, 3.8) is 0 Å². The average molecular weight is 202 g/mol. The van der Waals surface area contributed by atoms with Gasteiger partial charge in [-0.2, -0.15) is 0 Å². The summed E-state index contributed by atoms with van der Waals surface area (Å²) >= 11 is 1.67. The highest BCUT2D eigenvalue weighted by molar-refractivity contribution is 7.98. The number of fused-ring (bicyclic) bond motifs is 1. The summed E-state index contributed by atoms with van der Waals surface area (Å²) in [7, 11) is 0. The maximum Gasteiger partial charge on any atom is 0.150 e. The van der Waals surface area contributed by atoms with Crippen LogP contribution in [0.1, 0.15) is 10.4 Å². The van der Waals surface area contributed by atoms with Gasteiger partial charge in [0.05, 0.1) is 0 Å². The minimum absolute atomic E-state index is 0.771. The monoisotopic (exact) mass is 202 g/mol. The summed E-state index contributed by atoms with van der Waals surface area (Å²) in [6.45, 7) is 0. The first-order valence-electron chi connectivity index (χ1n) is 4.37. The summed E-state index contributed by atoms with van der Waals surface area (Å²) in [5, 5.41) is 2.19. The Balaban J connectivity index is 2.88. The highest BCUT2D eigenvalue weighted by Crippen LogP contribution is 2.28. The minimum Gasteiger partial charge on any atom is -0.298 e. The number of carbonyl (C=O) groups excluding carboxylic acids is 1. The molecule has 0 fully saturated rings. The lowest BCUT2D eigenvalue weighted by atomic mass is 10.1. The Hall–Kier alpha value is -1.28. The fraction of sp³-hybridized carbons (Fsp3) is 0.0833. The number of thioether (sulfide) groups is 1. The Morgan fingerprint density at radius 3 is 2.50 bits per heavy atom. The van der Waals surface area contributed by atoms with Gasteiger partial charge in [-0.1, -0.05) is 30.3 Å². The molecule has 1 nitrogen and oxygen atoms in total. The van der Waals surface area contributed by atoms with Crippen LogP contribution in [0.5, 0.6) is 0 Å². The second-order valence-corrected chi connectivity index (χ2v) is 3.87. The summed E-state index contributed by atoms with van der Waals surface area (Å²) < 4.78 is 0. The second kappa shape index (κ2) is 3.84. The van der Waals surface area contributed by atoms with Gasteiger partial charge in [-0.25, -0.2) is 0 Å². The SMILES string of the molecule is CSc1cccc2cccc(C=O)c12. The van der Waals surface area contributed by atoms with Gasteiger partial charge in [0, 0.05) is 15.8 Å². The molecule has 0 aliphatic heterocycles. The van der Waals surface area contributed by atoms with Crippen LogP contribution in [0.2, 0.25) is 0 Å². The third-order valence-electron chi connectivity index (χ3n) is 2.25. The Kier molecular flexibility index (Phi) is 2.55. The number of aldehydes is 1. The zero-order valence-electron chi connectivity index (χ0n) is 7.86. The van der Waals surface area contributed by atoms with Gasteiger partial charge >= 0.3 is 0 Å². The number of hydrogen-bond donors (Lipinski definition) is 0. The van der Waals surface area contributed by atoms with Gasteiger partial charge in [0.25, 0.3) is 0 Å². The van der Waals surface area contributed by atoms with Crippen LogP contribution >= 0.6 is 11.8 Å². The average Bonchev–Trinajstić information content (AvgIpc) is 2.27. The van der Waals surface area contributed by atoms with E-state index < -0.39 is 0 Å². The molecule has 2 aromatic carbocycles. The van der Waals surface area contributed by atoms with E-state index >= 15 is 0 Å². The normalized spacial score (nSPS) is 10.4. The van der Waals surface area contributed by atoms with Gasteiger partial charge in [0.15, 0.2) is 6.29 Å². The Labute approximate surface area is 87.1 Å². The number of hydrogen-bond acceptors (Lipinski definition) is 2. The first-order chi connectivity index (χ1) is 6.86. The van der Waals surface area contributed by atoms with E-state index in [1.807, 2.05) is 42.7 Å². The molecule has 2 rings (SSSR count). The summed E-state index contributed by atoms with van der Waals surface area (Å²) in [5.74, 6) is 0. The van der Waals surface area contributed by atoms with Crippen LogP contribution in [0.3, 0.4) is 0 Å². The van der Waals surface area contributed by atoms with E-state index in [1.54, 1.807) is 11.8 Å². The Morgan fingerprint density at radius 1 is 1.14 bits per heavy atom. The van der Waals surface area contributed by atoms with E-state index in [4.69, 9.17) is 0 Å². The van der Waals surface area contributed by atoms with Gasteiger partial charge in [-0.3, -0.25) is 4.79 Å². The highest BCUT2D eigenvalue weighted by Gasteiger charge is 2.03. The fourth-order valence-electron chi connectivity index (χ4n) is 1.60. The second-order valence-electron chi connectivity index (χ2n) is 3.02. The molecule has 0 radical (unpaired) electrons. The highest BCUT2D eigenvalue weighted by atomic mass is 32.2. The van der Waals surface area contributed by atoms with Crippen LogP contribution in [0.4, 0.5) is 0 Å². The molecule has 0 saturated carbocycles. The lowest BCUT2D eigenvalue weighted by Gasteiger charge is -2.05. The number of carbonyl (C=O) groups is 1. The van der Waals surface area contributed by atoms with Gasteiger partial charge in [0.2, 0.25) is 0 Å². The van der Waals surface area contributed by atoms with Crippen LogP contribution in [0.15, 0.2) is 41.3 Å². The fourth-order valence-corrected chi connectivity index (χ4v) is 2.26. The van der Waals surface area contributed by atoms with Gasteiger partial charge in [0.1, 0.15) is 0 Å². The van der Waals surface area contributed by atoms with Crippen molar-refractivity contribution in [3.8, 4) is 0 Å². The van der Waals surface area contributed by atoms with E-state index in [1.165, 1.54) is 0 Å².